The molecule has 1 heterocycles. The van der Waals surface area contributed by atoms with Crippen molar-refractivity contribution in [2.24, 2.45) is 7.05 Å². The lowest BCUT2D eigenvalue weighted by Gasteiger charge is -2.20. The highest BCUT2D eigenvalue weighted by Crippen LogP contribution is 2.32. The molecule has 0 spiro atoms. The number of nitrogens with zero attached hydrogens (tertiary/aromatic N) is 2. The molecule has 0 unspecified atom stereocenters. The highest BCUT2D eigenvalue weighted by Gasteiger charge is 2.21. The molecule has 19 heavy (non-hydrogen) atoms. The quantitative estimate of drug-likeness (QED) is 0.918. The van der Waals surface area contributed by atoms with Gasteiger partial charge in [0.05, 0.1) is 12.1 Å². The van der Waals surface area contributed by atoms with Crippen molar-refractivity contribution in [3.05, 3.63) is 23.8 Å². The molecule has 0 saturated heterocycles. The summed E-state index contributed by atoms with van der Waals surface area (Å²) in [7, 11) is 1.84. The van der Waals surface area contributed by atoms with Crippen molar-refractivity contribution in [2.45, 2.75) is 32.6 Å². The van der Waals surface area contributed by atoms with Crippen LogP contribution in [0.25, 0.3) is 10.9 Å². The Bertz CT molecular complexity index is 588. The molecule has 0 atom stereocenters. The number of rotatable bonds is 3. The Morgan fingerprint density at radius 1 is 1.37 bits per heavy atom. The third-order valence-electron chi connectivity index (χ3n) is 3.10. The van der Waals surface area contributed by atoms with E-state index in [0.717, 1.165) is 16.5 Å². The number of aryl methyl sites for hydroxylation is 1. The second-order valence-corrected chi connectivity index (χ2v) is 5.70. The normalized spacial score (nSPS) is 12.4. The summed E-state index contributed by atoms with van der Waals surface area (Å²) in [4.78, 5) is 0. The van der Waals surface area contributed by atoms with Crippen LogP contribution >= 0.6 is 0 Å². The molecular weight excluding hydrogens is 248 g/mol. The topological polar surface area (TPSA) is 29.9 Å². The number of fused-ring (bicyclic) bond motifs is 1. The molecule has 3 nitrogen and oxygen atoms in total. The van der Waals surface area contributed by atoms with Crippen molar-refractivity contribution in [2.75, 3.05) is 11.9 Å². The molecule has 0 aliphatic heterocycles. The third kappa shape index (κ3) is 2.69. The lowest BCUT2D eigenvalue weighted by atomic mass is 9.85. The Morgan fingerprint density at radius 3 is 2.63 bits per heavy atom. The van der Waals surface area contributed by atoms with Gasteiger partial charge in [0.15, 0.2) is 5.82 Å². The maximum absolute atomic E-state index is 12.3. The molecule has 0 amide bonds. The Morgan fingerprint density at radius 2 is 2.05 bits per heavy atom. The van der Waals surface area contributed by atoms with Gasteiger partial charge in [0.1, 0.15) is 0 Å². The van der Waals surface area contributed by atoms with Gasteiger partial charge in [0.2, 0.25) is 0 Å². The van der Waals surface area contributed by atoms with Gasteiger partial charge in [-0.25, -0.2) is 8.78 Å². The number of alkyl halides is 2. The second-order valence-electron chi connectivity index (χ2n) is 5.70. The van der Waals surface area contributed by atoms with E-state index in [1.165, 1.54) is 0 Å². The predicted molar refractivity (Wildman–Crippen MR) is 76.0 cm³/mol. The fourth-order valence-electron chi connectivity index (χ4n) is 2.25. The van der Waals surface area contributed by atoms with Gasteiger partial charge in [-0.2, -0.15) is 5.10 Å². The Kier molecular flexibility index (Phi) is 3.47. The number of benzene rings is 1. The first-order valence-corrected chi connectivity index (χ1v) is 6.29. The van der Waals surface area contributed by atoms with Crippen LogP contribution < -0.4 is 5.32 Å². The van der Waals surface area contributed by atoms with Gasteiger partial charge in [0.25, 0.3) is 6.43 Å². The van der Waals surface area contributed by atoms with Crippen molar-refractivity contribution in [1.29, 1.82) is 0 Å². The number of aromatic nitrogens is 2. The van der Waals surface area contributed by atoms with Crippen molar-refractivity contribution in [3.8, 4) is 0 Å². The summed E-state index contributed by atoms with van der Waals surface area (Å²) in [6, 6.07) is 5.91. The van der Waals surface area contributed by atoms with Gasteiger partial charge < -0.3 is 5.32 Å². The van der Waals surface area contributed by atoms with Crippen molar-refractivity contribution in [1.82, 2.24) is 9.78 Å². The lowest BCUT2D eigenvalue weighted by Crippen LogP contribution is -2.12. The fourth-order valence-corrected chi connectivity index (χ4v) is 2.25. The summed E-state index contributed by atoms with van der Waals surface area (Å²) in [6.07, 6.45) is -2.39. The van der Waals surface area contributed by atoms with Gasteiger partial charge in [0, 0.05) is 13.9 Å². The van der Waals surface area contributed by atoms with Gasteiger partial charge in [-0.05, 0) is 17.0 Å². The molecule has 2 aromatic rings. The van der Waals surface area contributed by atoms with Crippen LogP contribution in [0.1, 0.15) is 27.8 Å². The zero-order valence-electron chi connectivity index (χ0n) is 11.7. The van der Waals surface area contributed by atoms with Gasteiger partial charge in [-0.15, -0.1) is 0 Å². The van der Waals surface area contributed by atoms with Crippen LogP contribution in [0.15, 0.2) is 18.2 Å². The number of hydrogen-bond donors (Lipinski definition) is 1. The zero-order valence-corrected chi connectivity index (χ0v) is 11.7. The van der Waals surface area contributed by atoms with Crippen LogP contribution in [0.2, 0.25) is 0 Å². The number of anilines is 1. The molecule has 5 heteroatoms. The fraction of sp³-hybridized carbons (Fsp3) is 0.500. The number of para-hydroxylation sites is 1. The third-order valence-corrected chi connectivity index (χ3v) is 3.10. The summed E-state index contributed by atoms with van der Waals surface area (Å²) in [6.45, 7) is 5.99. The van der Waals surface area contributed by atoms with E-state index >= 15 is 0 Å². The molecule has 0 saturated carbocycles. The van der Waals surface area contributed by atoms with Gasteiger partial charge in [-0.1, -0.05) is 32.9 Å². The first-order valence-electron chi connectivity index (χ1n) is 6.29. The number of halogens is 2. The van der Waals surface area contributed by atoms with E-state index in [2.05, 4.69) is 37.3 Å². The van der Waals surface area contributed by atoms with E-state index in [4.69, 9.17) is 0 Å². The molecule has 0 aliphatic rings. The maximum atomic E-state index is 12.3. The van der Waals surface area contributed by atoms with E-state index in [9.17, 15) is 8.78 Å². The Labute approximate surface area is 113 Å². The lowest BCUT2D eigenvalue weighted by molar-refractivity contribution is 0.163. The number of hydrogen-bond acceptors (Lipinski definition) is 2. The molecule has 1 aromatic carbocycles. The van der Waals surface area contributed by atoms with Crippen LogP contribution in [-0.2, 0) is 12.5 Å². The molecule has 2 rings (SSSR count). The maximum Gasteiger partial charge on any atom is 0.255 e. The van der Waals surface area contributed by atoms with Crippen LogP contribution in [0.5, 0.6) is 0 Å². The summed E-state index contributed by atoms with van der Waals surface area (Å²) in [5.74, 6) is 0.518. The molecule has 106 valence electrons. The smallest absolute Gasteiger partial charge is 0.255 e. The Balaban J connectivity index is 0.00000200. The van der Waals surface area contributed by atoms with E-state index in [1.54, 1.807) is 4.68 Å². The van der Waals surface area contributed by atoms with Crippen molar-refractivity contribution in [3.63, 3.8) is 0 Å². The molecular formula is C14H21F2N3. The molecule has 0 radical (unpaired) electrons. The highest BCUT2D eigenvalue weighted by molar-refractivity contribution is 5.93. The largest absolute Gasteiger partial charge is 0.362 e. The summed E-state index contributed by atoms with van der Waals surface area (Å²) in [5.41, 5.74) is 2.13. The van der Waals surface area contributed by atoms with E-state index in [-0.39, 0.29) is 13.4 Å². The summed E-state index contributed by atoms with van der Waals surface area (Å²) >= 11 is 0. The van der Waals surface area contributed by atoms with Crippen LogP contribution in [0.4, 0.5) is 14.6 Å². The van der Waals surface area contributed by atoms with Gasteiger partial charge >= 0.3 is 0 Å². The SMILES string of the molecule is Cn1nc(NCC(F)F)c2cccc(C(C)(C)C)c21.[HH]. The average Bonchev–Trinajstić information content (AvgIpc) is 2.63. The van der Waals surface area contributed by atoms with E-state index in [1.807, 2.05) is 19.2 Å². The van der Waals surface area contributed by atoms with E-state index < -0.39 is 6.43 Å². The Hall–Kier alpha value is -1.65. The zero-order chi connectivity index (χ0) is 14.2. The van der Waals surface area contributed by atoms with Gasteiger partial charge in [-0.3, -0.25) is 4.68 Å². The van der Waals surface area contributed by atoms with Crippen molar-refractivity contribution >= 4 is 16.7 Å². The summed E-state index contributed by atoms with van der Waals surface area (Å²) < 4.78 is 26.4. The van der Waals surface area contributed by atoms with Crippen LogP contribution in [-0.4, -0.2) is 22.8 Å². The first kappa shape index (κ1) is 13.8. The minimum absolute atomic E-state index is 0. The van der Waals surface area contributed by atoms with Crippen molar-refractivity contribution < 1.29 is 10.2 Å². The monoisotopic (exact) mass is 269 g/mol. The van der Waals surface area contributed by atoms with Crippen LogP contribution in [0, 0.1) is 0 Å². The standard InChI is InChI=1S/C14H19F2N3.H2/c1-14(2,3)10-7-5-6-9-12(10)19(4)18-13(9)17-8-11(15)16;/h5-7,11H,8H2,1-4H3,(H,17,18);1H. The van der Waals surface area contributed by atoms with E-state index in [0.29, 0.717) is 5.82 Å². The highest BCUT2D eigenvalue weighted by atomic mass is 19.3. The molecule has 0 aliphatic carbocycles. The number of nitrogens with one attached hydrogen (secondary N) is 1. The predicted octanol–water partition coefficient (Wildman–Crippen LogP) is 3.79. The molecule has 0 bridgehead atoms. The molecule has 1 N–H and O–H groups in total. The minimum Gasteiger partial charge on any atom is -0.362 e. The summed E-state index contributed by atoms with van der Waals surface area (Å²) in [5, 5.41) is 7.90. The van der Waals surface area contributed by atoms with Crippen LogP contribution in [0.3, 0.4) is 0 Å². The molecule has 1 aromatic heterocycles. The first-order chi connectivity index (χ1) is 8.80. The molecule has 0 fully saturated rings. The average molecular weight is 269 g/mol. The second kappa shape index (κ2) is 4.79. The minimum atomic E-state index is -2.39.